The highest BCUT2D eigenvalue weighted by atomic mass is 31.2. The Bertz CT molecular complexity index is 1220. The van der Waals surface area contributed by atoms with Gasteiger partial charge in [0.1, 0.15) is 36.6 Å². The normalized spacial score (nSPS) is 23.8. The summed E-state index contributed by atoms with van der Waals surface area (Å²) < 4.78 is 22.8. The van der Waals surface area contributed by atoms with Gasteiger partial charge in [0.25, 0.3) is 0 Å². The van der Waals surface area contributed by atoms with Gasteiger partial charge in [-0.25, -0.2) is 4.57 Å². The van der Waals surface area contributed by atoms with E-state index in [1.54, 1.807) is 6.08 Å². The molecule has 0 saturated heterocycles. The minimum atomic E-state index is -5.15. The molecular formula is C46H84NO12P. The van der Waals surface area contributed by atoms with Gasteiger partial charge >= 0.3 is 7.82 Å². The molecule has 1 rings (SSSR count). The van der Waals surface area contributed by atoms with E-state index in [0.29, 0.717) is 19.3 Å². The number of aliphatic hydroxyl groups is 7. The Morgan fingerprint density at radius 1 is 0.583 bits per heavy atom. The van der Waals surface area contributed by atoms with Gasteiger partial charge in [0.05, 0.1) is 31.3 Å². The van der Waals surface area contributed by atoms with Crippen LogP contribution in [0.4, 0.5) is 0 Å². The van der Waals surface area contributed by atoms with Gasteiger partial charge in [-0.2, -0.15) is 0 Å². The van der Waals surface area contributed by atoms with Crippen molar-refractivity contribution in [3.8, 4) is 0 Å². The summed E-state index contributed by atoms with van der Waals surface area (Å²) in [5, 5.41) is 74.4. The lowest BCUT2D eigenvalue weighted by Gasteiger charge is -2.41. The van der Waals surface area contributed by atoms with Gasteiger partial charge in [-0.05, 0) is 70.6 Å². The zero-order chi connectivity index (χ0) is 44.4. The highest BCUT2D eigenvalue weighted by molar-refractivity contribution is 7.47. The molecule has 1 saturated carbocycles. The molecule has 0 aromatic carbocycles. The van der Waals surface area contributed by atoms with Crippen molar-refractivity contribution < 1.29 is 59.0 Å². The number of carbonyl (C=O) groups is 1. The van der Waals surface area contributed by atoms with Crippen molar-refractivity contribution in [1.82, 2.24) is 5.32 Å². The van der Waals surface area contributed by atoms with E-state index in [4.69, 9.17) is 9.05 Å². The van der Waals surface area contributed by atoms with Gasteiger partial charge in [0.2, 0.25) is 5.91 Å². The van der Waals surface area contributed by atoms with Crippen molar-refractivity contribution in [2.24, 2.45) is 0 Å². The standard InChI is InChI=1S/C46H84NO12P/c1-3-5-7-9-11-13-15-17-19-20-22-24-26-28-30-32-34-39(49)38(36-58-60(56,57)59-46-44(54)42(52)41(51)43(53)45(46)55)47-40(50)35-37(48)33-31-29-27-25-23-21-18-16-14-12-10-8-6-4-2/h17,19,21,23-24,26,32,34,37-39,41-46,48-49,51-55H,3-16,18,20,22,25,27-31,33,35-36H2,1-2H3,(H,47,50)(H,56,57)/b19-17+,23-21-,26-24+,34-32+. The monoisotopic (exact) mass is 874 g/mol. The van der Waals surface area contributed by atoms with E-state index in [-0.39, 0.29) is 6.42 Å². The number of hydrogen-bond donors (Lipinski definition) is 9. The second-order valence-corrected chi connectivity index (χ2v) is 17.8. The molecular weight excluding hydrogens is 789 g/mol. The fourth-order valence-corrected chi connectivity index (χ4v) is 8.00. The van der Waals surface area contributed by atoms with E-state index < -0.39 is 75.2 Å². The van der Waals surface area contributed by atoms with E-state index in [0.717, 1.165) is 51.4 Å². The molecule has 0 heterocycles. The molecule has 350 valence electrons. The Hall–Kier alpha value is -1.74. The smallest absolute Gasteiger partial charge is 0.393 e. The highest BCUT2D eigenvalue weighted by Gasteiger charge is 2.51. The first-order chi connectivity index (χ1) is 28.8. The molecule has 60 heavy (non-hydrogen) atoms. The third-order valence-corrected chi connectivity index (χ3v) is 11.8. The van der Waals surface area contributed by atoms with Gasteiger partial charge in [-0.15, -0.1) is 0 Å². The lowest BCUT2D eigenvalue weighted by molar-refractivity contribution is -0.220. The fourth-order valence-electron chi connectivity index (χ4n) is 7.03. The van der Waals surface area contributed by atoms with Crippen LogP contribution in [0, 0.1) is 0 Å². The van der Waals surface area contributed by atoms with Crippen LogP contribution in [0.15, 0.2) is 48.6 Å². The van der Waals surface area contributed by atoms with E-state index in [9.17, 15) is 50.0 Å². The first kappa shape index (κ1) is 56.3. The van der Waals surface area contributed by atoms with Crippen LogP contribution in [-0.2, 0) is 18.4 Å². The summed E-state index contributed by atoms with van der Waals surface area (Å²) >= 11 is 0. The van der Waals surface area contributed by atoms with Crippen LogP contribution in [0.5, 0.6) is 0 Å². The second-order valence-electron chi connectivity index (χ2n) is 16.4. The number of rotatable bonds is 37. The number of phosphoric acid groups is 1. The number of carbonyl (C=O) groups excluding carboxylic acids is 1. The molecule has 0 aliphatic heterocycles. The summed E-state index contributed by atoms with van der Waals surface area (Å²) in [6.07, 6.45) is 27.7. The average Bonchev–Trinajstić information content (AvgIpc) is 3.22. The first-order valence-corrected chi connectivity index (χ1v) is 24.7. The topological polar surface area (TPSA) is 226 Å². The van der Waals surface area contributed by atoms with Gasteiger partial charge < -0.3 is 46.0 Å². The van der Waals surface area contributed by atoms with Crippen LogP contribution >= 0.6 is 7.82 Å². The SMILES string of the molecule is CCCCCCCC/C=C/CC/C=C/CC/C=C/C(O)C(COP(=O)(O)OC1C(O)C(O)C(O)C(O)C1O)NC(=O)CC(O)CCCCC/C=C\CCCCCCCCC. The van der Waals surface area contributed by atoms with E-state index >= 15 is 0 Å². The van der Waals surface area contributed by atoms with Crippen molar-refractivity contribution in [3.05, 3.63) is 48.6 Å². The van der Waals surface area contributed by atoms with Crippen molar-refractivity contribution in [3.63, 3.8) is 0 Å². The van der Waals surface area contributed by atoms with Crippen molar-refractivity contribution in [2.75, 3.05) is 6.61 Å². The maximum Gasteiger partial charge on any atom is 0.472 e. The van der Waals surface area contributed by atoms with Crippen LogP contribution in [0.25, 0.3) is 0 Å². The summed E-state index contributed by atoms with van der Waals surface area (Å²) in [4.78, 5) is 23.4. The maximum absolute atomic E-state index is 13.0. The predicted octanol–water partition coefficient (Wildman–Crippen LogP) is 7.53. The molecule has 0 aromatic rings. The van der Waals surface area contributed by atoms with Crippen LogP contribution in [-0.4, -0.2) is 108 Å². The summed E-state index contributed by atoms with van der Waals surface area (Å²) in [5.41, 5.74) is 0. The summed E-state index contributed by atoms with van der Waals surface area (Å²) in [6.45, 7) is 3.69. The Morgan fingerprint density at radius 2 is 0.983 bits per heavy atom. The number of aliphatic hydroxyl groups excluding tert-OH is 7. The molecule has 1 amide bonds. The van der Waals surface area contributed by atoms with Crippen LogP contribution < -0.4 is 5.32 Å². The minimum Gasteiger partial charge on any atom is -0.393 e. The van der Waals surface area contributed by atoms with E-state index in [1.165, 1.54) is 89.5 Å². The quantitative estimate of drug-likeness (QED) is 0.0168. The number of allylic oxidation sites excluding steroid dienone is 7. The van der Waals surface area contributed by atoms with Crippen molar-refractivity contribution >= 4 is 13.7 Å². The molecule has 1 aliphatic carbocycles. The zero-order valence-electron chi connectivity index (χ0n) is 36.9. The van der Waals surface area contributed by atoms with Crippen LogP contribution in [0.1, 0.15) is 174 Å². The van der Waals surface area contributed by atoms with E-state index in [2.05, 4.69) is 55.6 Å². The Kier molecular flexibility index (Phi) is 33.5. The Morgan fingerprint density at radius 3 is 1.47 bits per heavy atom. The molecule has 1 fully saturated rings. The summed E-state index contributed by atoms with van der Waals surface area (Å²) in [6, 6.07) is -1.27. The third kappa shape index (κ3) is 27.3. The molecule has 14 heteroatoms. The zero-order valence-corrected chi connectivity index (χ0v) is 37.8. The highest BCUT2D eigenvalue weighted by Crippen LogP contribution is 2.47. The number of nitrogens with one attached hydrogen (secondary N) is 1. The molecule has 8 unspecified atom stereocenters. The van der Waals surface area contributed by atoms with Gasteiger partial charge in [-0.1, -0.05) is 146 Å². The number of phosphoric ester groups is 1. The largest absolute Gasteiger partial charge is 0.472 e. The molecule has 13 nitrogen and oxygen atoms in total. The minimum absolute atomic E-state index is 0.268. The van der Waals surface area contributed by atoms with Gasteiger partial charge in [0.15, 0.2) is 0 Å². The third-order valence-electron chi connectivity index (χ3n) is 10.9. The van der Waals surface area contributed by atoms with Crippen LogP contribution in [0.2, 0.25) is 0 Å². The average molecular weight is 874 g/mol. The Balaban J connectivity index is 2.62. The van der Waals surface area contributed by atoms with Crippen molar-refractivity contribution in [2.45, 2.75) is 229 Å². The summed E-state index contributed by atoms with van der Waals surface area (Å²) in [5.74, 6) is -0.618. The fraction of sp³-hybridized carbons (Fsp3) is 0.804. The predicted molar refractivity (Wildman–Crippen MR) is 238 cm³/mol. The van der Waals surface area contributed by atoms with E-state index in [1.807, 2.05) is 0 Å². The molecule has 0 spiro atoms. The first-order valence-electron chi connectivity index (χ1n) is 23.2. The lowest BCUT2D eigenvalue weighted by atomic mass is 9.85. The maximum atomic E-state index is 13.0. The molecule has 1 aliphatic rings. The molecule has 0 bridgehead atoms. The molecule has 9 N–H and O–H groups in total. The molecule has 0 aromatic heterocycles. The summed E-state index contributed by atoms with van der Waals surface area (Å²) in [7, 11) is -5.15. The lowest BCUT2D eigenvalue weighted by Crippen LogP contribution is -2.64. The second kappa shape index (κ2) is 35.7. The van der Waals surface area contributed by atoms with Crippen LogP contribution in [0.3, 0.4) is 0 Å². The number of unbranched alkanes of at least 4 members (excludes halogenated alkanes) is 18. The number of amides is 1. The molecule has 8 atom stereocenters. The molecule has 0 radical (unpaired) electrons. The van der Waals surface area contributed by atoms with Gasteiger partial charge in [0, 0.05) is 0 Å². The number of hydrogen-bond acceptors (Lipinski definition) is 11. The van der Waals surface area contributed by atoms with Gasteiger partial charge in [-0.3, -0.25) is 13.8 Å². The Labute approximate surface area is 361 Å². The van der Waals surface area contributed by atoms with Crippen molar-refractivity contribution in [1.29, 1.82) is 0 Å².